The van der Waals surface area contributed by atoms with Crippen LogP contribution in [0.15, 0.2) is 48.5 Å². The number of likely N-dealkylation sites (N-methyl/N-ethyl adjacent to an activating group) is 1. The monoisotopic (exact) mass is 372 g/mol. The van der Waals surface area contributed by atoms with Crippen molar-refractivity contribution >= 4 is 5.91 Å². The van der Waals surface area contributed by atoms with Crippen LogP contribution in [-0.2, 0) is 4.79 Å². The Hall–Kier alpha value is -2.73. The van der Waals surface area contributed by atoms with Gasteiger partial charge in [0.15, 0.2) is 0 Å². The standard InChI is InChI=1S/C21H28N2O4/c1-16(19-7-5-6-8-20(19)26-4)22-21(24)15-23(2)13-14-27-18-11-9-17(25-3)10-12-18/h5-12,16H,13-15H2,1-4H3,(H,22,24). The van der Waals surface area contributed by atoms with Gasteiger partial charge in [0, 0.05) is 12.1 Å². The largest absolute Gasteiger partial charge is 0.497 e. The van der Waals surface area contributed by atoms with Crippen LogP contribution in [0.4, 0.5) is 0 Å². The molecule has 1 unspecified atom stereocenters. The van der Waals surface area contributed by atoms with Gasteiger partial charge in [0.1, 0.15) is 23.9 Å². The van der Waals surface area contributed by atoms with Crippen molar-refractivity contribution in [3.8, 4) is 17.2 Å². The predicted octanol–water partition coefficient (Wildman–Crippen LogP) is 2.89. The molecule has 2 rings (SSSR count). The van der Waals surface area contributed by atoms with Crippen LogP contribution < -0.4 is 19.5 Å². The molecule has 0 fully saturated rings. The van der Waals surface area contributed by atoms with Crippen molar-refractivity contribution in [3.05, 3.63) is 54.1 Å². The Morgan fingerprint density at radius 2 is 1.70 bits per heavy atom. The van der Waals surface area contributed by atoms with Gasteiger partial charge in [-0.1, -0.05) is 18.2 Å². The molecule has 0 aliphatic carbocycles. The third-order valence-corrected chi connectivity index (χ3v) is 4.20. The minimum absolute atomic E-state index is 0.0413. The van der Waals surface area contributed by atoms with Crippen molar-refractivity contribution in [2.45, 2.75) is 13.0 Å². The first kappa shape index (κ1) is 20.6. The highest BCUT2D eigenvalue weighted by Gasteiger charge is 2.14. The topological polar surface area (TPSA) is 60.0 Å². The van der Waals surface area contributed by atoms with Gasteiger partial charge >= 0.3 is 0 Å². The first-order valence-corrected chi connectivity index (χ1v) is 8.91. The van der Waals surface area contributed by atoms with E-state index >= 15 is 0 Å². The van der Waals surface area contributed by atoms with Crippen molar-refractivity contribution in [2.24, 2.45) is 0 Å². The molecule has 0 saturated carbocycles. The predicted molar refractivity (Wildman–Crippen MR) is 106 cm³/mol. The minimum atomic E-state index is -0.127. The molecule has 1 N–H and O–H groups in total. The highest BCUT2D eigenvalue weighted by atomic mass is 16.5. The van der Waals surface area contributed by atoms with Crippen LogP contribution in [0.5, 0.6) is 17.2 Å². The number of methoxy groups -OCH3 is 2. The van der Waals surface area contributed by atoms with Gasteiger partial charge in [0.25, 0.3) is 0 Å². The lowest BCUT2D eigenvalue weighted by atomic mass is 10.1. The molecule has 1 amide bonds. The maximum absolute atomic E-state index is 12.3. The third kappa shape index (κ3) is 6.49. The lowest BCUT2D eigenvalue weighted by Gasteiger charge is -2.20. The minimum Gasteiger partial charge on any atom is -0.497 e. The highest BCUT2D eigenvalue weighted by Crippen LogP contribution is 2.24. The van der Waals surface area contributed by atoms with E-state index in [1.54, 1.807) is 14.2 Å². The van der Waals surface area contributed by atoms with E-state index < -0.39 is 0 Å². The van der Waals surface area contributed by atoms with Crippen molar-refractivity contribution in [1.82, 2.24) is 10.2 Å². The molecule has 0 radical (unpaired) electrons. The number of ether oxygens (including phenoxy) is 3. The molecule has 2 aromatic carbocycles. The molecular formula is C21H28N2O4. The molecule has 0 spiro atoms. The molecule has 1 atom stereocenters. The average molecular weight is 372 g/mol. The fourth-order valence-corrected chi connectivity index (χ4v) is 2.70. The van der Waals surface area contributed by atoms with Gasteiger partial charge in [-0.3, -0.25) is 9.69 Å². The molecule has 146 valence electrons. The summed E-state index contributed by atoms with van der Waals surface area (Å²) < 4.78 is 16.2. The van der Waals surface area contributed by atoms with E-state index in [2.05, 4.69) is 5.32 Å². The average Bonchev–Trinajstić information content (AvgIpc) is 2.68. The van der Waals surface area contributed by atoms with Crippen LogP contribution in [0, 0.1) is 0 Å². The molecule has 0 aliphatic heterocycles. The lowest BCUT2D eigenvalue weighted by Crippen LogP contribution is -2.38. The van der Waals surface area contributed by atoms with Gasteiger partial charge < -0.3 is 19.5 Å². The SMILES string of the molecule is COc1ccc(OCCN(C)CC(=O)NC(C)c2ccccc2OC)cc1. The van der Waals surface area contributed by atoms with Gasteiger partial charge in [0.2, 0.25) is 5.91 Å². The number of carbonyl (C=O) groups is 1. The van der Waals surface area contributed by atoms with Crippen LogP contribution in [-0.4, -0.2) is 51.8 Å². The second kappa shape index (κ2) is 10.4. The number of benzene rings is 2. The fraction of sp³-hybridized carbons (Fsp3) is 0.381. The second-order valence-corrected chi connectivity index (χ2v) is 6.29. The van der Waals surface area contributed by atoms with E-state index in [4.69, 9.17) is 14.2 Å². The van der Waals surface area contributed by atoms with E-state index in [-0.39, 0.29) is 11.9 Å². The van der Waals surface area contributed by atoms with Gasteiger partial charge in [0.05, 0.1) is 26.8 Å². The number of hydrogen-bond donors (Lipinski definition) is 1. The molecule has 27 heavy (non-hydrogen) atoms. The Bertz CT molecular complexity index is 718. The summed E-state index contributed by atoms with van der Waals surface area (Å²) in [6, 6.07) is 15.0. The number of nitrogens with zero attached hydrogens (tertiary/aromatic N) is 1. The summed E-state index contributed by atoms with van der Waals surface area (Å²) in [5.74, 6) is 2.30. The Balaban J connectivity index is 1.74. The Kier molecular flexibility index (Phi) is 7.95. The number of nitrogens with one attached hydrogen (secondary N) is 1. The molecule has 6 heteroatoms. The molecule has 0 saturated heterocycles. The third-order valence-electron chi connectivity index (χ3n) is 4.20. The molecule has 6 nitrogen and oxygen atoms in total. The number of hydrogen-bond acceptors (Lipinski definition) is 5. The van der Waals surface area contributed by atoms with Gasteiger partial charge in [-0.05, 0) is 44.3 Å². The lowest BCUT2D eigenvalue weighted by molar-refractivity contribution is -0.122. The summed E-state index contributed by atoms with van der Waals surface area (Å²) in [4.78, 5) is 14.2. The Morgan fingerprint density at radius 1 is 1.04 bits per heavy atom. The normalized spacial score (nSPS) is 11.7. The number of para-hydroxylation sites is 1. The van der Waals surface area contributed by atoms with E-state index in [1.165, 1.54) is 0 Å². The highest BCUT2D eigenvalue weighted by molar-refractivity contribution is 5.78. The number of carbonyl (C=O) groups excluding carboxylic acids is 1. The van der Waals surface area contributed by atoms with Crippen molar-refractivity contribution in [2.75, 3.05) is 41.0 Å². The molecule has 0 heterocycles. The van der Waals surface area contributed by atoms with Gasteiger partial charge in [-0.25, -0.2) is 0 Å². The summed E-state index contributed by atoms with van der Waals surface area (Å²) in [7, 11) is 5.15. The zero-order chi connectivity index (χ0) is 19.6. The molecule has 2 aromatic rings. The summed E-state index contributed by atoms with van der Waals surface area (Å²) in [5, 5.41) is 3.01. The Morgan fingerprint density at radius 3 is 2.37 bits per heavy atom. The quantitative estimate of drug-likeness (QED) is 0.695. The van der Waals surface area contributed by atoms with Crippen molar-refractivity contribution < 1.29 is 19.0 Å². The van der Waals surface area contributed by atoms with Gasteiger partial charge in [-0.15, -0.1) is 0 Å². The van der Waals surface area contributed by atoms with Crippen molar-refractivity contribution in [3.63, 3.8) is 0 Å². The van der Waals surface area contributed by atoms with Crippen LogP contribution in [0.1, 0.15) is 18.5 Å². The smallest absolute Gasteiger partial charge is 0.234 e. The Labute approximate surface area is 161 Å². The van der Waals surface area contributed by atoms with Crippen molar-refractivity contribution in [1.29, 1.82) is 0 Å². The van der Waals surface area contributed by atoms with E-state index in [1.807, 2.05) is 67.4 Å². The van der Waals surface area contributed by atoms with Crippen LogP contribution in [0.25, 0.3) is 0 Å². The summed E-state index contributed by atoms with van der Waals surface area (Å²) >= 11 is 0. The summed E-state index contributed by atoms with van der Waals surface area (Å²) in [5.41, 5.74) is 0.957. The zero-order valence-electron chi connectivity index (χ0n) is 16.4. The fourth-order valence-electron chi connectivity index (χ4n) is 2.70. The van der Waals surface area contributed by atoms with Crippen LogP contribution in [0.2, 0.25) is 0 Å². The first-order valence-electron chi connectivity index (χ1n) is 8.91. The maximum atomic E-state index is 12.3. The van der Waals surface area contributed by atoms with Crippen LogP contribution in [0.3, 0.4) is 0 Å². The summed E-state index contributed by atoms with van der Waals surface area (Å²) in [6.45, 7) is 3.38. The first-order chi connectivity index (χ1) is 13.0. The summed E-state index contributed by atoms with van der Waals surface area (Å²) in [6.07, 6.45) is 0. The zero-order valence-corrected chi connectivity index (χ0v) is 16.4. The van der Waals surface area contributed by atoms with E-state index in [9.17, 15) is 4.79 Å². The van der Waals surface area contributed by atoms with Gasteiger partial charge in [-0.2, -0.15) is 0 Å². The number of amides is 1. The van der Waals surface area contributed by atoms with E-state index in [0.717, 1.165) is 22.8 Å². The maximum Gasteiger partial charge on any atom is 0.234 e. The molecule has 0 bridgehead atoms. The second-order valence-electron chi connectivity index (χ2n) is 6.29. The number of rotatable bonds is 10. The van der Waals surface area contributed by atoms with Crippen LogP contribution >= 0.6 is 0 Å². The molecule has 0 aliphatic rings. The molecular weight excluding hydrogens is 344 g/mol. The molecule has 0 aromatic heterocycles. The van der Waals surface area contributed by atoms with E-state index in [0.29, 0.717) is 19.7 Å².